The lowest BCUT2D eigenvalue weighted by atomic mass is 9.67. The lowest BCUT2D eigenvalue weighted by molar-refractivity contribution is -0.139. The molecule has 4 atom stereocenters. The van der Waals surface area contributed by atoms with Gasteiger partial charge in [0.1, 0.15) is 11.4 Å². The average Bonchev–Trinajstić information content (AvgIpc) is 3.16. The molecule has 4 aliphatic rings. The van der Waals surface area contributed by atoms with Crippen LogP contribution in [0.25, 0.3) is 0 Å². The van der Waals surface area contributed by atoms with Gasteiger partial charge in [-0.1, -0.05) is 29.8 Å². The van der Waals surface area contributed by atoms with Crippen molar-refractivity contribution in [3.05, 3.63) is 64.7 Å². The minimum absolute atomic E-state index is 0.0212. The summed E-state index contributed by atoms with van der Waals surface area (Å²) in [5, 5.41) is 0.710. The van der Waals surface area contributed by atoms with Crippen LogP contribution in [0.5, 0.6) is 5.75 Å². The molecule has 47 heavy (non-hydrogen) atoms. The molecule has 2 aromatic carbocycles. The second-order valence-electron chi connectivity index (χ2n) is 14.2. The Balaban J connectivity index is 1.45. The van der Waals surface area contributed by atoms with E-state index < -0.39 is 21.5 Å². The second-order valence-corrected chi connectivity index (χ2v) is 16.3. The Morgan fingerprint density at radius 2 is 1.89 bits per heavy atom. The maximum atomic E-state index is 13.6. The van der Waals surface area contributed by atoms with Gasteiger partial charge in [0, 0.05) is 44.7 Å². The van der Waals surface area contributed by atoms with Gasteiger partial charge in [0.15, 0.2) is 0 Å². The van der Waals surface area contributed by atoms with Crippen LogP contribution in [-0.2, 0) is 31.4 Å². The van der Waals surface area contributed by atoms with Crippen molar-refractivity contribution < 1.29 is 27.5 Å². The van der Waals surface area contributed by atoms with Crippen molar-refractivity contribution in [2.24, 2.45) is 11.8 Å². The van der Waals surface area contributed by atoms with Crippen LogP contribution in [0.3, 0.4) is 0 Å². The molecule has 1 N–H and O–H groups in total. The van der Waals surface area contributed by atoms with E-state index >= 15 is 0 Å². The van der Waals surface area contributed by atoms with E-state index in [4.69, 9.17) is 21.1 Å². The SMILES string of the molecule is CN(C)C(=O)N(C)[C@H]1/C=C/COC(C)(C)C(=O)NS(=O)(=O)c2ccc3c(c2)N(C[C@@H]2CC[C@H]21)C[C@@]1(CCCc2cc(Cl)ccc21)CO3. The van der Waals surface area contributed by atoms with Crippen LogP contribution in [-0.4, -0.2) is 89.2 Å². The van der Waals surface area contributed by atoms with Gasteiger partial charge in [-0.05, 0) is 99.2 Å². The lowest BCUT2D eigenvalue weighted by Crippen LogP contribution is -2.53. The molecule has 2 aliphatic heterocycles. The van der Waals surface area contributed by atoms with E-state index in [2.05, 4.69) is 21.8 Å². The number of ether oxygens (including phenoxy) is 2. The first-order valence-electron chi connectivity index (χ1n) is 16.3. The number of nitrogens with one attached hydrogen (secondary N) is 1. The number of benzene rings is 2. The summed E-state index contributed by atoms with van der Waals surface area (Å²) in [6, 6.07) is 10.6. The van der Waals surface area contributed by atoms with E-state index in [1.165, 1.54) is 31.0 Å². The molecular formula is C35H45ClN4O6S. The predicted octanol–water partition coefficient (Wildman–Crippen LogP) is 4.99. The molecule has 2 bridgehead atoms. The maximum Gasteiger partial charge on any atom is 0.319 e. The standard InChI is InChI=1S/C35H45ClN4O6S/c1-34(2)32(41)37-47(43,44)26-12-15-31-30(19-26)40(21-35(22-45-31)16-6-8-23-18-25(36)11-14-28(23)35)20-24-10-13-27(24)29(9-7-17-46-34)39(5)33(42)38(3)4/h7,9,11-12,14-15,18-19,24,27,29H,6,8,10,13,16-17,20-22H2,1-5H3,(H,37,41)/b9-7+/t24-,27+,29-,35-/m0/s1. The third-order valence-corrected chi connectivity index (χ3v) is 12.0. The molecular weight excluding hydrogens is 640 g/mol. The molecule has 0 aromatic heterocycles. The van der Waals surface area contributed by atoms with Gasteiger partial charge in [0.25, 0.3) is 15.9 Å². The topological polar surface area (TPSA) is 108 Å². The number of fused-ring (bicyclic) bond motifs is 4. The molecule has 2 heterocycles. The number of sulfonamides is 1. The molecule has 0 unspecified atom stereocenters. The number of hydrogen-bond donors (Lipinski definition) is 1. The van der Waals surface area contributed by atoms with Crippen LogP contribution in [0.2, 0.25) is 5.02 Å². The number of hydrogen-bond acceptors (Lipinski definition) is 7. The molecule has 12 heteroatoms. The highest BCUT2D eigenvalue weighted by atomic mass is 35.5. The van der Waals surface area contributed by atoms with Crippen molar-refractivity contribution in [2.45, 2.75) is 67.9 Å². The van der Waals surface area contributed by atoms with E-state index in [1.807, 2.05) is 25.3 Å². The number of carbonyl (C=O) groups excluding carboxylic acids is 2. The summed E-state index contributed by atoms with van der Waals surface area (Å²) >= 11 is 6.43. The third kappa shape index (κ3) is 6.46. The minimum Gasteiger partial charge on any atom is -0.490 e. The molecule has 2 aliphatic carbocycles. The van der Waals surface area contributed by atoms with Gasteiger partial charge in [0.05, 0.1) is 29.8 Å². The summed E-state index contributed by atoms with van der Waals surface area (Å²) < 4.78 is 41.9. The van der Waals surface area contributed by atoms with Gasteiger partial charge < -0.3 is 24.2 Å². The number of anilines is 1. The number of likely N-dealkylation sites (N-methyl/N-ethyl adjacent to an activating group) is 1. The zero-order valence-electron chi connectivity index (χ0n) is 27.8. The minimum atomic E-state index is -4.22. The molecule has 0 radical (unpaired) electrons. The zero-order chi connectivity index (χ0) is 33.7. The predicted molar refractivity (Wildman–Crippen MR) is 182 cm³/mol. The van der Waals surface area contributed by atoms with E-state index in [-0.39, 0.29) is 40.8 Å². The number of nitrogens with zero attached hydrogens (tertiary/aromatic N) is 3. The number of aryl methyl sites for hydroxylation is 1. The smallest absolute Gasteiger partial charge is 0.319 e. The van der Waals surface area contributed by atoms with Gasteiger partial charge in [0.2, 0.25) is 0 Å². The average molecular weight is 685 g/mol. The lowest BCUT2D eigenvalue weighted by Gasteiger charge is -2.48. The zero-order valence-corrected chi connectivity index (χ0v) is 29.4. The highest BCUT2D eigenvalue weighted by molar-refractivity contribution is 7.90. The number of rotatable bonds is 1. The van der Waals surface area contributed by atoms with Gasteiger partial charge in [-0.25, -0.2) is 17.9 Å². The largest absolute Gasteiger partial charge is 0.490 e. The van der Waals surface area contributed by atoms with Crippen molar-refractivity contribution in [1.82, 2.24) is 14.5 Å². The fraction of sp³-hybridized carbons (Fsp3) is 0.543. The summed E-state index contributed by atoms with van der Waals surface area (Å²) in [7, 11) is 1.10. The van der Waals surface area contributed by atoms with Crippen molar-refractivity contribution in [1.29, 1.82) is 0 Å². The number of urea groups is 1. The number of carbonyl (C=O) groups is 2. The van der Waals surface area contributed by atoms with E-state index in [9.17, 15) is 18.0 Å². The van der Waals surface area contributed by atoms with Gasteiger partial charge in [-0.2, -0.15) is 0 Å². The summed E-state index contributed by atoms with van der Waals surface area (Å²) in [5.74, 6) is 0.221. The molecule has 254 valence electrons. The van der Waals surface area contributed by atoms with Gasteiger partial charge in [-0.15, -0.1) is 0 Å². The molecule has 10 nitrogen and oxygen atoms in total. The monoisotopic (exact) mass is 684 g/mol. The first-order valence-corrected chi connectivity index (χ1v) is 18.2. The van der Waals surface area contributed by atoms with Gasteiger partial charge >= 0.3 is 6.03 Å². The van der Waals surface area contributed by atoms with Crippen molar-refractivity contribution in [2.75, 3.05) is 52.3 Å². The summed E-state index contributed by atoms with van der Waals surface area (Å²) in [6.45, 7) is 4.88. The van der Waals surface area contributed by atoms with E-state index in [0.717, 1.165) is 32.1 Å². The first-order chi connectivity index (χ1) is 22.2. The van der Waals surface area contributed by atoms with Crippen LogP contribution >= 0.6 is 11.6 Å². The van der Waals surface area contributed by atoms with Crippen LogP contribution < -0.4 is 14.4 Å². The van der Waals surface area contributed by atoms with Crippen LogP contribution in [0.4, 0.5) is 10.5 Å². The highest BCUT2D eigenvalue weighted by Crippen LogP contribution is 2.47. The second kappa shape index (κ2) is 12.6. The summed E-state index contributed by atoms with van der Waals surface area (Å²) in [4.78, 5) is 32.1. The Bertz CT molecular complexity index is 1690. The number of amides is 3. The van der Waals surface area contributed by atoms with Crippen LogP contribution in [0.15, 0.2) is 53.4 Å². The normalized spacial score (nSPS) is 28.8. The first kappa shape index (κ1) is 33.6. The fourth-order valence-corrected chi connectivity index (χ4v) is 8.95. The van der Waals surface area contributed by atoms with Crippen LogP contribution in [0.1, 0.15) is 50.7 Å². The van der Waals surface area contributed by atoms with Crippen molar-refractivity contribution in [3.63, 3.8) is 0 Å². The molecule has 1 spiro atoms. The Morgan fingerprint density at radius 3 is 2.62 bits per heavy atom. The Hall–Kier alpha value is -3.28. The molecule has 2 aromatic rings. The van der Waals surface area contributed by atoms with Gasteiger partial charge in [-0.3, -0.25) is 4.79 Å². The molecule has 3 amide bonds. The summed E-state index contributed by atoms with van der Waals surface area (Å²) in [6.07, 6.45) is 8.59. The van der Waals surface area contributed by atoms with Crippen molar-refractivity contribution >= 4 is 39.2 Å². The molecule has 1 saturated carbocycles. The summed E-state index contributed by atoms with van der Waals surface area (Å²) in [5.41, 5.74) is 1.36. The van der Waals surface area contributed by atoms with E-state index in [0.29, 0.717) is 36.2 Å². The molecule has 0 saturated heterocycles. The van der Waals surface area contributed by atoms with Crippen LogP contribution in [0, 0.1) is 11.8 Å². The quantitative estimate of drug-likeness (QED) is 0.422. The fourth-order valence-electron chi connectivity index (χ4n) is 7.64. The molecule has 6 rings (SSSR count). The third-order valence-electron chi connectivity index (χ3n) is 10.5. The highest BCUT2D eigenvalue weighted by Gasteiger charge is 2.45. The maximum absolute atomic E-state index is 13.6. The van der Waals surface area contributed by atoms with Crippen molar-refractivity contribution in [3.8, 4) is 5.75 Å². The Kier molecular flexibility index (Phi) is 9.04. The number of halogens is 1. The molecule has 1 fully saturated rings. The Labute approximate surface area is 283 Å². The Morgan fingerprint density at radius 1 is 1.11 bits per heavy atom. The van der Waals surface area contributed by atoms with E-state index in [1.54, 1.807) is 36.0 Å².